The van der Waals surface area contributed by atoms with Gasteiger partial charge >= 0.3 is 0 Å². The summed E-state index contributed by atoms with van der Waals surface area (Å²) in [5, 5.41) is 3.44. The molecular formula is C23H20N2O3S. The number of methoxy groups -OCH3 is 1. The lowest BCUT2D eigenvalue weighted by Crippen LogP contribution is -2.14. The Bertz CT molecular complexity index is 1110. The zero-order valence-corrected chi connectivity index (χ0v) is 16.7. The second kappa shape index (κ2) is 8.75. The van der Waals surface area contributed by atoms with Gasteiger partial charge in [-0.1, -0.05) is 59.9 Å². The van der Waals surface area contributed by atoms with Crippen molar-refractivity contribution in [3.05, 3.63) is 83.9 Å². The number of amides is 1. The molecular weight excluding hydrogens is 384 g/mol. The van der Waals surface area contributed by atoms with Crippen LogP contribution in [-0.2, 0) is 17.8 Å². The summed E-state index contributed by atoms with van der Waals surface area (Å²) in [4.78, 5) is 16.9. The Balaban J connectivity index is 1.35. The van der Waals surface area contributed by atoms with Crippen LogP contribution in [0.1, 0.15) is 11.1 Å². The molecule has 5 nitrogen and oxygen atoms in total. The molecule has 6 heteroatoms. The fourth-order valence-corrected chi connectivity index (χ4v) is 3.83. The minimum Gasteiger partial charge on any atom is -0.494 e. The maximum Gasteiger partial charge on any atom is 0.230 e. The van der Waals surface area contributed by atoms with Gasteiger partial charge in [0.15, 0.2) is 5.13 Å². The lowest BCUT2D eigenvalue weighted by atomic mass is 10.1. The number of carbonyl (C=O) groups excluding carboxylic acids is 1. The minimum atomic E-state index is -0.110. The number of thiazole rings is 1. The number of hydrogen-bond donors (Lipinski definition) is 1. The Morgan fingerprint density at radius 3 is 2.52 bits per heavy atom. The van der Waals surface area contributed by atoms with Gasteiger partial charge in [0.05, 0.1) is 18.2 Å². The molecule has 0 unspecified atom stereocenters. The summed E-state index contributed by atoms with van der Waals surface area (Å²) in [7, 11) is 1.61. The van der Waals surface area contributed by atoms with Gasteiger partial charge in [0.1, 0.15) is 23.6 Å². The number of rotatable bonds is 7. The topological polar surface area (TPSA) is 60.5 Å². The third kappa shape index (κ3) is 4.73. The number of carbonyl (C=O) groups is 1. The molecule has 0 aliphatic heterocycles. The summed E-state index contributed by atoms with van der Waals surface area (Å²) in [6.45, 7) is 0.516. The Morgan fingerprint density at radius 1 is 0.966 bits per heavy atom. The molecule has 0 bridgehead atoms. The van der Waals surface area contributed by atoms with Gasteiger partial charge < -0.3 is 14.8 Å². The molecule has 1 aromatic heterocycles. The van der Waals surface area contributed by atoms with Crippen LogP contribution in [0.2, 0.25) is 0 Å². The van der Waals surface area contributed by atoms with Crippen LogP contribution >= 0.6 is 11.3 Å². The third-order valence-electron chi connectivity index (χ3n) is 4.38. The number of fused-ring (bicyclic) bond motifs is 1. The maximum absolute atomic E-state index is 12.4. The summed E-state index contributed by atoms with van der Waals surface area (Å²) in [5.74, 6) is 1.36. The van der Waals surface area contributed by atoms with E-state index in [1.54, 1.807) is 7.11 Å². The van der Waals surface area contributed by atoms with Crippen molar-refractivity contribution in [2.75, 3.05) is 12.4 Å². The van der Waals surface area contributed by atoms with Crippen LogP contribution in [0.15, 0.2) is 72.8 Å². The van der Waals surface area contributed by atoms with Crippen molar-refractivity contribution in [1.29, 1.82) is 0 Å². The second-order valence-electron chi connectivity index (χ2n) is 6.47. The van der Waals surface area contributed by atoms with E-state index in [1.807, 2.05) is 72.8 Å². The van der Waals surface area contributed by atoms with Crippen molar-refractivity contribution in [3.8, 4) is 11.5 Å². The summed E-state index contributed by atoms with van der Waals surface area (Å²) >= 11 is 1.43. The van der Waals surface area contributed by atoms with Crippen LogP contribution < -0.4 is 14.8 Å². The van der Waals surface area contributed by atoms with E-state index in [0.29, 0.717) is 17.5 Å². The Hall–Kier alpha value is -3.38. The summed E-state index contributed by atoms with van der Waals surface area (Å²) in [6, 6.07) is 23.3. The molecule has 146 valence electrons. The van der Waals surface area contributed by atoms with E-state index < -0.39 is 0 Å². The molecule has 0 saturated heterocycles. The van der Waals surface area contributed by atoms with Gasteiger partial charge in [0, 0.05) is 0 Å². The van der Waals surface area contributed by atoms with Crippen molar-refractivity contribution < 1.29 is 14.3 Å². The number of para-hydroxylation sites is 1. The average Bonchev–Trinajstić information content (AvgIpc) is 3.16. The molecule has 29 heavy (non-hydrogen) atoms. The molecule has 3 aromatic carbocycles. The van der Waals surface area contributed by atoms with E-state index in [1.165, 1.54) is 11.3 Å². The molecule has 0 saturated carbocycles. The first kappa shape index (κ1) is 19.0. The quantitative estimate of drug-likeness (QED) is 0.467. The molecule has 0 spiro atoms. The molecule has 0 atom stereocenters. The minimum absolute atomic E-state index is 0.110. The predicted molar refractivity (Wildman–Crippen MR) is 116 cm³/mol. The number of nitrogens with one attached hydrogen (secondary N) is 1. The van der Waals surface area contributed by atoms with Crippen molar-refractivity contribution in [1.82, 2.24) is 4.98 Å². The normalized spacial score (nSPS) is 10.7. The fourth-order valence-electron chi connectivity index (χ4n) is 2.93. The molecule has 4 rings (SSSR count). The largest absolute Gasteiger partial charge is 0.494 e. The first-order valence-corrected chi connectivity index (χ1v) is 10.0. The highest BCUT2D eigenvalue weighted by Gasteiger charge is 2.11. The third-order valence-corrected chi connectivity index (χ3v) is 5.32. The van der Waals surface area contributed by atoms with E-state index in [4.69, 9.17) is 9.47 Å². The molecule has 1 amide bonds. The Kier molecular flexibility index (Phi) is 5.72. The van der Waals surface area contributed by atoms with Crippen molar-refractivity contribution in [2.24, 2.45) is 0 Å². The molecule has 1 heterocycles. The number of nitrogens with zero attached hydrogens (tertiary/aromatic N) is 1. The van der Waals surface area contributed by atoms with Crippen LogP contribution in [0.5, 0.6) is 11.5 Å². The van der Waals surface area contributed by atoms with Gasteiger partial charge in [-0.2, -0.15) is 0 Å². The van der Waals surface area contributed by atoms with Gasteiger partial charge in [-0.25, -0.2) is 4.98 Å². The average molecular weight is 404 g/mol. The van der Waals surface area contributed by atoms with Gasteiger partial charge in [0.2, 0.25) is 5.91 Å². The Labute approximate surface area is 172 Å². The highest BCUT2D eigenvalue weighted by atomic mass is 32.1. The second-order valence-corrected chi connectivity index (χ2v) is 7.50. The first-order chi connectivity index (χ1) is 14.2. The van der Waals surface area contributed by atoms with Crippen LogP contribution in [0, 0.1) is 0 Å². The van der Waals surface area contributed by atoms with Gasteiger partial charge in [0.25, 0.3) is 0 Å². The molecule has 0 fully saturated rings. The fraction of sp³-hybridized carbons (Fsp3) is 0.130. The number of benzene rings is 3. The summed E-state index contributed by atoms with van der Waals surface area (Å²) in [5.41, 5.74) is 2.78. The molecule has 4 aromatic rings. The monoisotopic (exact) mass is 404 g/mol. The van der Waals surface area contributed by atoms with E-state index >= 15 is 0 Å². The van der Waals surface area contributed by atoms with Gasteiger partial charge in [-0.05, 0) is 35.4 Å². The zero-order valence-electron chi connectivity index (χ0n) is 15.9. The van der Waals surface area contributed by atoms with Crippen molar-refractivity contribution in [2.45, 2.75) is 13.0 Å². The summed E-state index contributed by atoms with van der Waals surface area (Å²) in [6.07, 6.45) is 0.270. The van der Waals surface area contributed by atoms with Gasteiger partial charge in [-0.3, -0.25) is 4.79 Å². The standard InChI is InChI=1S/C23H20N2O3S/c1-27-19-8-5-9-20-22(19)25-23(29-20)24-21(26)14-16-10-12-18(13-11-16)28-15-17-6-3-2-4-7-17/h2-13H,14-15H2,1H3,(H,24,25,26). The molecule has 1 N–H and O–H groups in total. The lowest BCUT2D eigenvalue weighted by Gasteiger charge is -2.07. The lowest BCUT2D eigenvalue weighted by molar-refractivity contribution is -0.115. The SMILES string of the molecule is COc1cccc2sc(NC(=O)Cc3ccc(OCc4ccccc4)cc3)nc12. The van der Waals surface area contributed by atoms with Crippen molar-refractivity contribution in [3.63, 3.8) is 0 Å². The molecule has 0 aliphatic carbocycles. The number of hydrogen-bond acceptors (Lipinski definition) is 5. The Morgan fingerprint density at radius 2 is 1.76 bits per heavy atom. The number of anilines is 1. The van der Waals surface area contributed by atoms with Crippen LogP contribution in [0.4, 0.5) is 5.13 Å². The molecule has 0 aliphatic rings. The molecule has 0 radical (unpaired) electrons. The highest BCUT2D eigenvalue weighted by Crippen LogP contribution is 2.32. The number of aromatic nitrogens is 1. The zero-order chi connectivity index (χ0) is 20.1. The first-order valence-electron chi connectivity index (χ1n) is 9.20. The van der Waals surface area contributed by atoms with E-state index in [9.17, 15) is 4.79 Å². The van der Waals surface area contributed by atoms with Crippen LogP contribution in [-0.4, -0.2) is 18.0 Å². The smallest absolute Gasteiger partial charge is 0.230 e. The van der Waals surface area contributed by atoms with Crippen LogP contribution in [0.3, 0.4) is 0 Å². The number of ether oxygens (including phenoxy) is 2. The van der Waals surface area contributed by atoms with E-state index in [0.717, 1.165) is 27.1 Å². The van der Waals surface area contributed by atoms with E-state index in [-0.39, 0.29) is 12.3 Å². The van der Waals surface area contributed by atoms with E-state index in [2.05, 4.69) is 10.3 Å². The highest BCUT2D eigenvalue weighted by molar-refractivity contribution is 7.22. The van der Waals surface area contributed by atoms with Crippen molar-refractivity contribution >= 4 is 32.6 Å². The van der Waals surface area contributed by atoms with Gasteiger partial charge in [-0.15, -0.1) is 0 Å². The summed E-state index contributed by atoms with van der Waals surface area (Å²) < 4.78 is 12.1. The predicted octanol–water partition coefficient (Wildman–Crippen LogP) is 5.07. The van der Waals surface area contributed by atoms with Crippen LogP contribution in [0.25, 0.3) is 10.2 Å². The maximum atomic E-state index is 12.4.